The number of nitrogens with one attached hydrogen (secondary N) is 2. The van der Waals surface area contributed by atoms with Crippen LogP contribution in [-0.2, 0) is 6.42 Å². The number of aromatic nitrogens is 1. The average molecular weight is 396 g/mol. The highest BCUT2D eigenvalue weighted by Gasteiger charge is 2.18. The number of amides is 1. The smallest absolute Gasteiger partial charge is 0.250 e. The molecule has 0 aliphatic carbocycles. The number of nitrogens with zero attached hydrogens (tertiary/aromatic N) is 1. The second kappa shape index (κ2) is 8.87. The number of benzene rings is 2. The predicted molar refractivity (Wildman–Crippen MR) is 113 cm³/mol. The number of carbonyl (C=O) groups excluding carboxylic acids is 1. The van der Waals surface area contributed by atoms with Gasteiger partial charge in [-0.3, -0.25) is 9.78 Å². The van der Waals surface area contributed by atoms with Crippen LogP contribution in [0.2, 0.25) is 0 Å². The number of primary amides is 1. The number of aryl methyl sites for hydroxylation is 1. The summed E-state index contributed by atoms with van der Waals surface area (Å²) in [5, 5.41) is 7.47. The molecule has 3 aromatic rings. The van der Waals surface area contributed by atoms with Crippen LogP contribution in [0.3, 0.4) is 0 Å². The van der Waals surface area contributed by atoms with Gasteiger partial charge in [0, 0.05) is 23.8 Å². The third-order valence-corrected chi connectivity index (χ3v) is 4.93. The Morgan fingerprint density at radius 1 is 1.31 bits per heavy atom. The van der Waals surface area contributed by atoms with Crippen molar-refractivity contribution in [2.75, 3.05) is 26.0 Å². The zero-order valence-corrected chi connectivity index (χ0v) is 16.8. The van der Waals surface area contributed by atoms with E-state index in [2.05, 4.69) is 15.6 Å². The summed E-state index contributed by atoms with van der Waals surface area (Å²) >= 11 is 0. The Labute approximate surface area is 169 Å². The van der Waals surface area contributed by atoms with Gasteiger partial charge in [0.15, 0.2) is 11.6 Å². The van der Waals surface area contributed by atoms with Gasteiger partial charge in [0.05, 0.1) is 24.2 Å². The first-order chi connectivity index (χ1) is 14.0. The Morgan fingerprint density at radius 2 is 2.10 bits per heavy atom. The summed E-state index contributed by atoms with van der Waals surface area (Å²) in [7, 11) is 3.28. The number of hydrogen-bond acceptors (Lipinski definition) is 5. The van der Waals surface area contributed by atoms with E-state index in [1.54, 1.807) is 24.4 Å². The van der Waals surface area contributed by atoms with Crippen molar-refractivity contribution < 1.29 is 13.9 Å². The summed E-state index contributed by atoms with van der Waals surface area (Å²) in [6, 6.07) is 10.1. The second-order valence-electron chi connectivity index (χ2n) is 6.73. The van der Waals surface area contributed by atoms with E-state index in [1.165, 1.54) is 13.2 Å². The number of pyridine rings is 1. The number of hydrogen-bond donors (Lipinski definition) is 3. The average Bonchev–Trinajstić information content (AvgIpc) is 2.72. The number of likely N-dealkylation sites (N-methyl/N-ethyl adjacent to an activating group) is 1. The van der Waals surface area contributed by atoms with Gasteiger partial charge in [0.25, 0.3) is 5.91 Å². The fraction of sp³-hybridized carbons (Fsp3) is 0.273. The Balaban J connectivity index is 2.11. The molecule has 4 N–H and O–H groups in total. The zero-order chi connectivity index (χ0) is 21.0. The van der Waals surface area contributed by atoms with Crippen LogP contribution in [0.15, 0.2) is 42.6 Å². The van der Waals surface area contributed by atoms with E-state index in [4.69, 9.17) is 10.5 Å². The fourth-order valence-electron chi connectivity index (χ4n) is 3.43. The Bertz CT molecular complexity index is 1040. The van der Waals surface area contributed by atoms with E-state index in [9.17, 15) is 9.18 Å². The SMILES string of the molecule is CCc1cnc2c(C(N)=O)cccc2c1NC(CNC)c1ccc(OC)c(F)c1. The molecule has 1 unspecified atom stereocenters. The molecule has 2 aromatic carbocycles. The molecule has 0 fully saturated rings. The van der Waals surface area contributed by atoms with Gasteiger partial charge < -0.3 is 21.1 Å². The van der Waals surface area contributed by atoms with Gasteiger partial charge in [0.1, 0.15) is 0 Å². The lowest BCUT2D eigenvalue weighted by Gasteiger charge is -2.24. The quantitative estimate of drug-likeness (QED) is 0.543. The molecule has 1 aromatic heterocycles. The first kappa shape index (κ1) is 20.5. The number of ether oxygens (including phenoxy) is 1. The third kappa shape index (κ3) is 4.14. The van der Waals surface area contributed by atoms with Crippen molar-refractivity contribution in [2.24, 2.45) is 5.73 Å². The molecule has 0 bridgehead atoms. The number of nitrogens with two attached hydrogens (primary N) is 1. The Morgan fingerprint density at radius 3 is 2.72 bits per heavy atom. The molecule has 1 atom stereocenters. The summed E-state index contributed by atoms with van der Waals surface area (Å²) in [6.07, 6.45) is 2.50. The topological polar surface area (TPSA) is 89.3 Å². The van der Waals surface area contributed by atoms with Crippen LogP contribution < -0.4 is 21.1 Å². The van der Waals surface area contributed by atoms with Gasteiger partial charge in [0.2, 0.25) is 0 Å². The highest BCUT2D eigenvalue weighted by atomic mass is 19.1. The normalized spacial score (nSPS) is 12.0. The summed E-state index contributed by atoms with van der Waals surface area (Å²) in [4.78, 5) is 16.3. The van der Waals surface area contributed by atoms with E-state index in [-0.39, 0.29) is 11.8 Å². The number of halogens is 1. The van der Waals surface area contributed by atoms with Gasteiger partial charge in [-0.25, -0.2) is 4.39 Å². The van der Waals surface area contributed by atoms with Crippen molar-refractivity contribution in [3.05, 3.63) is 65.1 Å². The Kier molecular flexibility index (Phi) is 6.29. The molecule has 0 spiro atoms. The van der Waals surface area contributed by atoms with E-state index in [0.29, 0.717) is 17.6 Å². The number of anilines is 1. The lowest BCUT2D eigenvalue weighted by Crippen LogP contribution is -2.24. The maximum atomic E-state index is 14.3. The molecular weight excluding hydrogens is 371 g/mol. The lowest BCUT2D eigenvalue weighted by molar-refractivity contribution is 0.100. The van der Waals surface area contributed by atoms with Crippen molar-refractivity contribution in [1.82, 2.24) is 10.3 Å². The van der Waals surface area contributed by atoms with E-state index in [1.807, 2.05) is 26.1 Å². The molecular formula is C22H25FN4O2. The Hall–Kier alpha value is -3.19. The summed E-state index contributed by atoms with van der Waals surface area (Å²) in [6.45, 7) is 2.60. The van der Waals surface area contributed by atoms with Crippen LogP contribution in [0.4, 0.5) is 10.1 Å². The van der Waals surface area contributed by atoms with Crippen molar-refractivity contribution in [3.8, 4) is 5.75 Å². The van der Waals surface area contributed by atoms with Crippen LogP contribution in [0.5, 0.6) is 5.75 Å². The van der Waals surface area contributed by atoms with Gasteiger partial charge >= 0.3 is 0 Å². The van der Waals surface area contributed by atoms with Gasteiger partial charge in [-0.05, 0) is 42.8 Å². The molecule has 6 nitrogen and oxygen atoms in total. The largest absolute Gasteiger partial charge is 0.494 e. The molecule has 29 heavy (non-hydrogen) atoms. The molecule has 3 rings (SSSR count). The molecule has 0 aliphatic heterocycles. The molecule has 1 amide bonds. The maximum Gasteiger partial charge on any atom is 0.250 e. The molecule has 0 aliphatic rings. The number of para-hydroxylation sites is 1. The van der Waals surface area contributed by atoms with Crippen molar-refractivity contribution >= 4 is 22.5 Å². The number of fused-ring (bicyclic) bond motifs is 1. The minimum atomic E-state index is -0.526. The molecule has 152 valence electrons. The van der Waals surface area contributed by atoms with E-state index >= 15 is 0 Å². The maximum absolute atomic E-state index is 14.3. The summed E-state index contributed by atoms with van der Waals surface area (Å²) in [5.41, 5.74) is 9.06. The number of carbonyl (C=O) groups is 1. The molecule has 0 saturated heterocycles. The number of rotatable bonds is 8. The first-order valence-electron chi connectivity index (χ1n) is 9.45. The minimum Gasteiger partial charge on any atom is -0.494 e. The number of methoxy groups -OCH3 is 1. The fourth-order valence-corrected chi connectivity index (χ4v) is 3.43. The van der Waals surface area contributed by atoms with Crippen LogP contribution >= 0.6 is 0 Å². The van der Waals surface area contributed by atoms with E-state index < -0.39 is 11.7 Å². The molecule has 0 radical (unpaired) electrons. The standard InChI is InChI=1S/C22H25FN4O2/c1-4-13-11-26-21-15(6-5-7-16(21)22(24)28)20(13)27-18(12-25-2)14-8-9-19(29-3)17(23)10-14/h5-11,18,25H,4,12H2,1-3H3,(H2,24,28)(H,26,27). The molecule has 1 heterocycles. The summed E-state index contributed by atoms with van der Waals surface area (Å²) < 4.78 is 19.3. The minimum absolute atomic E-state index is 0.201. The summed E-state index contributed by atoms with van der Waals surface area (Å²) in [5.74, 6) is -0.742. The predicted octanol–water partition coefficient (Wildman–Crippen LogP) is 3.42. The van der Waals surface area contributed by atoms with Crippen molar-refractivity contribution in [1.29, 1.82) is 0 Å². The highest BCUT2D eigenvalue weighted by Crippen LogP contribution is 2.32. The van der Waals surface area contributed by atoms with E-state index in [0.717, 1.165) is 28.6 Å². The monoisotopic (exact) mass is 396 g/mol. The highest BCUT2D eigenvalue weighted by molar-refractivity contribution is 6.08. The van der Waals surface area contributed by atoms with Gasteiger partial charge in [-0.2, -0.15) is 0 Å². The molecule has 0 saturated carbocycles. The van der Waals surface area contributed by atoms with Crippen molar-refractivity contribution in [2.45, 2.75) is 19.4 Å². The second-order valence-corrected chi connectivity index (χ2v) is 6.73. The van der Waals surface area contributed by atoms with Gasteiger partial charge in [-0.15, -0.1) is 0 Å². The zero-order valence-electron chi connectivity index (χ0n) is 16.8. The van der Waals surface area contributed by atoms with Crippen molar-refractivity contribution in [3.63, 3.8) is 0 Å². The third-order valence-electron chi connectivity index (χ3n) is 4.93. The van der Waals surface area contributed by atoms with Crippen LogP contribution in [-0.4, -0.2) is 31.6 Å². The lowest BCUT2D eigenvalue weighted by atomic mass is 10.0. The van der Waals surface area contributed by atoms with Crippen LogP contribution in [0.1, 0.15) is 34.5 Å². The molecule has 7 heteroatoms. The van der Waals surface area contributed by atoms with Crippen LogP contribution in [0.25, 0.3) is 10.9 Å². The van der Waals surface area contributed by atoms with Crippen LogP contribution in [0, 0.1) is 5.82 Å². The first-order valence-corrected chi connectivity index (χ1v) is 9.45. The van der Waals surface area contributed by atoms with Gasteiger partial charge in [-0.1, -0.05) is 25.1 Å².